The third-order valence-corrected chi connectivity index (χ3v) is 2.53. The van der Waals surface area contributed by atoms with Crippen LogP contribution in [0.25, 0.3) is 0 Å². The smallest absolute Gasteiger partial charge is 0.228 e. The van der Waals surface area contributed by atoms with Crippen molar-refractivity contribution in [2.75, 3.05) is 0 Å². The quantitative estimate of drug-likeness (QED) is 0.807. The zero-order chi connectivity index (χ0) is 10.8. The van der Waals surface area contributed by atoms with E-state index in [2.05, 4.69) is 15.1 Å². The van der Waals surface area contributed by atoms with Gasteiger partial charge in [-0.1, -0.05) is 5.16 Å². The summed E-state index contributed by atoms with van der Waals surface area (Å²) in [5.41, 5.74) is 1.11. The Labute approximate surface area is 92.1 Å². The molecule has 0 aromatic carbocycles. The Morgan fingerprint density at radius 2 is 2.33 bits per heavy atom. The minimum Gasteiger partial charge on any atom is -0.339 e. The second-order valence-corrected chi connectivity index (χ2v) is 3.76. The Kier molecular flexibility index (Phi) is 2.68. The zero-order valence-electron chi connectivity index (χ0n) is 8.65. The summed E-state index contributed by atoms with van der Waals surface area (Å²) in [5.74, 6) is 1.31. The molecule has 2 rings (SSSR count). The summed E-state index contributed by atoms with van der Waals surface area (Å²) in [4.78, 5) is 7.12. The molecule has 0 bridgehead atoms. The van der Waals surface area contributed by atoms with Crippen LogP contribution in [0.5, 0.6) is 0 Å². The Bertz CT molecular complexity index is 510. The number of hydrogen-bond acceptors (Lipinski definition) is 4. The maximum absolute atomic E-state index is 5.13. The molecular weight excluding hydrogens is 212 g/mol. The van der Waals surface area contributed by atoms with Crippen molar-refractivity contribution in [2.45, 2.75) is 26.8 Å². The summed E-state index contributed by atoms with van der Waals surface area (Å²) in [6.07, 6.45) is 2.59. The molecule has 0 saturated carbocycles. The fourth-order valence-electron chi connectivity index (χ4n) is 1.41. The van der Waals surface area contributed by atoms with E-state index in [0.717, 1.165) is 17.0 Å². The molecule has 1 N–H and O–H groups in total. The molecule has 0 amide bonds. The molecule has 6 heteroatoms. The van der Waals surface area contributed by atoms with E-state index < -0.39 is 0 Å². The number of H-pyrrole nitrogens is 1. The summed E-state index contributed by atoms with van der Waals surface area (Å²) in [6.45, 7) is 4.57. The number of nitrogens with zero attached hydrogens (tertiary/aromatic N) is 3. The lowest BCUT2D eigenvalue weighted by Crippen LogP contribution is -2.03. The summed E-state index contributed by atoms with van der Waals surface area (Å²) in [6, 6.07) is 0. The largest absolute Gasteiger partial charge is 0.339 e. The highest BCUT2D eigenvalue weighted by Gasteiger charge is 2.04. The van der Waals surface area contributed by atoms with E-state index >= 15 is 0 Å². The Balaban J connectivity index is 2.08. The van der Waals surface area contributed by atoms with Crippen LogP contribution in [0.3, 0.4) is 0 Å². The predicted molar refractivity (Wildman–Crippen MR) is 57.1 cm³/mol. The van der Waals surface area contributed by atoms with Crippen LogP contribution in [0.4, 0.5) is 0 Å². The number of imidazole rings is 1. The van der Waals surface area contributed by atoms with Crippen molar-refractivity contribution in [3.8, 4) is 0 Å². The summed E-state index contributed by atoms with van der Waals surface area (Å²) in [5, 5.41) is 3.73. The fraction of sp³-hybridized carbons (Fsp3) is 0.444. The van der Waals surface area contributed by atoms with Crippen molar-refractivity contribution in [3.05, 3.63) is 28.4 Å². The van der Waals surface area contributed by atoms with Crippen LogP contribution < -0.4 is 0 Å². The molecule has 0 fully saturated rings. The minimum atomic E-state index is 0.648. The first-order valence-corrected chi connectivity index (χ1v) is 5.11. The van der Waals surface area contributed by atoms with Crippen LogP contribution in [-0.4, -0.2) is 19.7 Å². The number of aryl methyl sites for hydroxylation is 3. The molecule has 0 saturated heterocycles. The molecule has 2 aromatic rings. The number of aromatic amines is 1. The molecule has 0 aliphatic rings. The first kappa shape index (κ1) is 10.1. The second kappa shape index (κ2) is 3.98. The minimum absolute atomic E-state index is 0.648. The highest BCUT2D eigenvalue weighted by Crippen LogP contribution is 2.03. The molecule has 0 atom stereocenters. The van der Waals surface area contributed by atoms with Crippen LogP contribution >= 0.6 is 12.2 Å². The third kappa shape index (κ3) is 2.15. The Hall–Kier alpha value is -1.43. The van der Waals surface area contributed by atoms with Gasteiger partial charge in [0.2, 0.25) is 5.89 Å². The first-order chi connectivity index (χ1) is 7.16. The Morgan fingerprint density at radius 3 is 2.87 bits per heavy atom. The molecule has 0 aliphatic carbocycles. The number of rotatable bonds is 3. The molecule has 2 aromatic heterocycles. The van der Waals surface area contributed by atoms with Gasteiger partial charge in [-0.15, -0.1) is 0 Å². The lowest BCUT2D eigenvalue weighted by Gasteiger charge is -2.01. The standard InChI is InChI=1S/C9H12N4OS/c1-6-5-10-9(15)13(6)4-3-8-11-7(2)12-14-8/h5H,3-4H2,1-2H3,(H,10,15). The van der Waals surface area contributed by atoms with Crippen molar-refractivity contribution in [2.24, 2.45) is 0 Å². The zero-order valence-corrected chi connectivity index (χ0v) is 9.47. The molecule has 0 radical (unpaired) electrons. The predicted octanol–water partition coefficient (Wildman–Crippen LogP) is 1.79. The van der Waals surface area contributed by atoms with Crippen LogP contribution in [0.1, 0.15) is 17.4 Å². The van der Waals surface area contributed by atoms with E-state index in [9.17, 15) is 0 Å². The Morgan fingerprint density at radius 1 is 1.53 bits per heavy atom. The molecule has 15 heavy (non-hydrogen) atoms. The van der Waals surface area contributed by atoms with Gasteiger partial charge in [-0.2, -0.15) is 4.98 Å². The van der Waals surface area contributed by atoms with E-state index in [4.69, 9.17) is 16.7 Å². The van der Waals surface area contributed by atoms with E-state index in [1.165, 1.54) is 0 Å². The van der Waals surface area contributed by atoms with Gasteiger partial charge < -0.3 is 14.1 Å². The van der Waals surface area contributed by atoms with Gasteiger partial charge in [0.25, 0.3) is 0 Å². The third-order valence-electron chi connectivity index (χ3n) is 2.19. The SMILES string of the molecule is Cc1noc(CCn2c(C)c[nH]c2=S)n1. The van der Waals surface area contributed by atoms with Crippen molar-refractivity contribution < 1.29 is 4.52 Å². The van der Waals surface area contributed by atoms with E-state index in [-0.39, 0.29) is 0 Å². The molecule has 5 nitrogen and oxygen atoms in total. The van der Waals surface area contributed by atoms with Crippen molar-refractivity contribution >= 4 is 12.2 Å². The van der Waals surface area contributed by atoms with Gasteiger partial charge >= 0.3 is 0 Å². The summed E-state index contributed by atoms with van der Waals surface area (Å²) >= 11 is 5.13. The van der Waals surface area contributed by atoms with Crippen LogP contribution in [0.2, 0.25) is 0 Å². The van der Waals surface area contributed by atoms with Crippen LogP contribution in [-0.2, 0) is 13.0 Å². The number of hydrogen-bond donors (Lipinski definition) is 1. The first-order valence-electron chi connectivity index (χ1n) is 4.71. The number of nitrogens with one attached hydrogen (secondary N) is 1. The molecule has 0 aliphatic heterocycles. The van der Waals surface area contributed by atoms with E-state index in [1.807, 2.05) is 17.7 Å². The fourth-order valence-corrected chi connectivity index (χ4v) is 1.70. The van der Waals surface area contributed by atoms with Gasteiger partial charge in [0.15, 0.2) is 10.6 Å². The summed E-state index contributed by atoms with van der Waals surface area (Å²) in [7, 11) is 0. The van der Waals surface area contributed by atoms with Gasteiger partial charge in [0, 0.05) is 24.9 Å². The van der Waals surface area contributed by atoms with Gasteiger partial charge in [-0.3, -0.25) is 0 Å². The van der Waals surface area contributed by atoms with Crippen molar-refractivity contribution in [3.63, 3.8) is 0 Å². The highest BCUT2D eigenvalue weighted by atomic mass is 32.1. The van der Waals surface area contributed by atoms with Gasteiger partial charge in [0.1, 0.15) is 0 Å². The summed E-state index contributed by atoms with van der Waals surface area (Å²) < 4.78 is 7.76. The van der Waals surface area contributed by atoms with Gasteiger partial charge in [-0.05, 0) is 26.1 Å². The maximum Gasteiger partial charge on any atom is 0.228 e. The number of aromatic nitrogens is 4. The van der Waals surface area contributed by atoms with Crippen molar-refractivity contribution in [1.29, 1.82) is 0 Å². The van der Waals surface area contributed by atoms with E-state index in [1.54, 1.807) is 6.92 Å². The van der Waals surface area contributed by atoms with Gasteiger partial charge in [-0.25, -0.2) is 0 Å². The average molecular weight is 224 g/mol. The molecule has 0 spiro atoms. The molecule has 2 heterocycles. The lowest BCUT2D eigenvalue weighted by molar-refractivity contribution is 0.368. The molecular formula is C9H12N4OS. The van der Waals surface area contributed by atoms with E-state index in [0.29, 0.717) is 18.1 Å². The second-order valence-electron chi connectivity index (χ2n) is 3.37. The average Bonchev–Trinajstić information content (AvgIpc) is 2.73. The maximum atomic E-state index is 5.13. The normalized spacial score (nSPS) is 10.8. The topological polar surface area (TPSA) is 59.6 Å². The van der Waals surface area contributed by atoms with Crippen LogP contribution in [0, 0.1) is 18.6 Å². The molecule has 80 valence electrons. The lowest BCUT2D eigenvalue weighted by atomic mass is 10.4. The van der Waals surface area contributed by atoms with Crippen LogP contribution in [0.15, 0.2) is 10.7 Å². The highest BCUT2D eigenvalue weighted by molar-refractivity contribution is 7.71. The van der Waals surface area contributed by atoms with Crippen molar-refractivity contribution in [1.82, 2.24) is 19.7 Å². The molecule has 0 unspecified atom stereocenters. The van der Waals surface area contributed by atoms with Gasteiger partial charge in [0.05, 0.1) is 0 Å². The monoisotopic (exact) mass is 224 g/mol.